The van der Waals surface area contributed by atoms with Gasteiger partial charge in [-0.25, -0.2) is 14.8 Å². The van der Waals surface area contributed by atoms with Crippen LogP contribution in [0.4, 0.5) is 0 Å². The highest BCUT2D eigenvalue weighted by Crippen LogP contribution is 2.18. The van der Waals surface area contributed by atoms with Crippen molar-refractivity contribution in [3.05, 3.63) is 53.6 Å². The van der Waals surface area contributed by atoms with Crippen molar-refractivity contribution < 1.29 is 14.6 Å². The van der Waals surface area contributed by atoms with Crippen LogP contribution in [0.2, 0.25) is 0 Å². The topological polar surface area (TPSA) is 72.3 Å². The third-order valence-corrected chi connectivity index (χ3v) is 2.89. The van der Waals surface area contributed by atoms with Gasteiger partial charge in [0.15, 0.2) is 0 Å². The molecule has 0 saturated heterocycles. The third-order valence-electron chi connectivity index (χ3n) is 2.89. The van der Waals surface area contributed by atoms with E-state index >= 15 is 0 Å². The molecule has 0 aliphatic carbocycles. The zero-order valence-corrected chi connectivity index (χ0v) is 11.2. The SMILES string of the molecule is CCc1ccccc1OCCc1ncc(C(=O)O)cn1. The second-order valence-corrected chi connectivity index (χ2v) is 4.25. The second kappa shape index (κ2) is 6.65. The van der Waals surface area contributed by atoms with Crippen LogP contribution in [0.15, 0.2) is 36.7 Å². The predicted octanol–water partition coefficient (Wildman–Crippen LogP) is 2.36. The van der Waals surface area contributed by atoms with Gasteiger partial charge in [-0.2, -0.15) is 0 Å². The number of aryl methyl sites for hydroxylation is 1. The number of hydrogen-bond donors (Lipinski definition) is 1. The first kappa shape index (κ1) is 14.0. The molecule has 0 spiro atoms. The maximum absolute atomic E-state index is 10.7. The lowest BCUT2D eigenvalue weighted by molar-refractivity contribution is 0.0696. The number of nitrogens with zero attached hydrogens (tertiary/aromatic N) is 2. The van der Waals surface area contributed by atoms with Crippen LogP contribution >= 0.6 is 0 Å². The van der Waals surface area contributed by atoms with Crippen LogP contribution in [-0.2, 0) is 12.8 Å². The fourth-order valence-electron chi connectivity index (χ4n) is 1.78. The Hall–Kier alpha value is -2.43. The van der Waals surface area contributed by atoms with E-state index in [9.17, 15) is 4.79 Å². The molecule has 0 aliphatic heterocycles. The number of ether oxygens (including phenoxy) is 1. The summed E-state index contributed by atoms with van der Waals surface area (Å²) in [7, 11) is 0. The van der Waals surface area contributed by atoms with Crippen molar-refractivity contribution in [2.75, 3.05) is 6.61 Å². The summed E-state index contributed by atoms with van der Waals surface area (Å²) < 4.78 is 5.71. The van der Waals surface area contributed by atoms with Gasteiger partial charge in [0.2, 0.25) is 0 Å². The normalized spacial score (nSPS) is 10.2. The molecule has 0 amide bonds. The summed E-state index contributed by atoms with van der Waals surface area (Å²) in [4.78, 5) is 18.7. The van der Waals surface area contributed by atoms with Gasteiger partial charge in [0, 0.05) is 18.8 Å². The van der Waals surface area contributed by atoms with Crippen molar-refractivity contribution in [1.82, 2.24) is 9.97 Å². The van der Waals surface area contributed by atoms with Crippen molar-refractivity contribution in [2.24, 2.45) is 0 Å². The summed E-state index contributed by atoms with van der Waals surface area (Å²) >= 11 is 0. The lowest BCUT2D eigenvalue weighted by Gasteiger charge is -2.09. The minimum Gasteiger partial charge on any atom is -0.493 e. The molecule has 0 aliphatic rings. The van der Waals surface area contributed by atoms with Gasteiger partial charge in [-0.05, 0) is 18.1 Å². The number of aromatic nitrogens is 2. The van der Waals surface area contributed by atoms with E-state index in [1.807, 2.05) is 24.3 Å². The van der Waals surface area contributed by atoms with Gasteiger partial charge >= 0.3 is 5.97 Å². The van der Waals surface area contributed by atoms with Gasteiger partial charge in [-0.1, -0.05) is 25.1 Å². The molecule has 104 valence electrons. The molecule has 0 bridgehead atoms. The smallest absolute Gasteiger partial charge is 0.338 e. The lowest BCUT2D eigenvalue weighted by atomic mass is 10.1. The van der Waals surface area contributed by atoms with Crippen LogP contribution in [0.1, 0.15) is 28.7 Å². The van der Waals surface area contributed by atoms with Gasteiger partial charge in [-0.3, -0.25) is 0 Å². The molecule has 5 heteroatoms. The van der Waals surface area contributed by atoms with Crippen LogP contribution in [0, 0.1) is 0 Å². The van der Waals surface area contributed by atoms with E-state index in [-0.39, 0.29) is 5.56 Å². The Morgan fingerprint density at radius 2 is 1.95 bits per heavy atom. The fourth-order valence-corrected chi connectivity index (χ4v) is 1.78. The second-order valence-electron chi connectivity index (χ2n) is 4.25. The van der Waals surface area contributed by atoms with Gasteiger partial charge in [0.25, 0.3) is 0 Å². The van der Waals surface area contributed by atoms with Crippen molar-refractivity contribution in [3.8, 4) is 5.75 Å². The molecular formula is C15H16N2O3. The fraction of sp³-hybridized carbons (Fsp3) is 0.267. The van der Waals surface area contributed by atoms with E-state index < -0.39 is 5.97 Å². The van der Waals surface area contributed by atoms with Crippen LogP contribution in [0.3, 0.4) is 0 Å². The molecule has 2 aromatic rings. The van der Waals surface area contributed by atoms with Crippen LogP contribution in [0.25, 0.3) is 0 Å². The Morgan fingerprint density at radius 1 is 1.25 bits per heavy atom. The number of carbonyl (C=O) groups is 1. The van der Waals surface area contributed by atoms with Crippen molar-refractivity contribution in [1.29, 1.82) is 0 Å². The highest BCUT2D eigenvalue weighted by atomic mass is 16.5. The van der Waals surface area contributed by atoms with E-state index in [2.05, 4.69) is 16.9 Å². The Kier molecular flexibility index (Phi) is 4.65. The Labute approximate surface area is 117 Å². The van der Waals surface area contributed by atoms with Gasteiger partial charge in [-0.15, -0.1) is 0 Å². The summed E-state index contributed by atoms with van der Waals surface area (Å²) in [6.45, 7) is 2.54. The van der Waals surface area contributed by atoms with Crippen molar-refractivity contribution in [3.63, 3.8) is 0 Å². The van der Waals surface area contributed by atoms with Crippen LogP contribution < -0.4 is 4.74 Å². The summed E-state index contributed by atoms with van der Waals surface area (Å²) in [6, 6.07) is 7.90. The highest BCUT2D eigenvalue weighted by molar-refractivity contribution is 5.86. The van der Waals surface area contributed by atoms with Crippen LogP contribution in [-0.4, -0.2) is 27.7 Å². The minimum absolute atomic E-state index is 0.0889. The van der Waals surface area contributed by atoms with Gasteiger partial charge in [0.1, 0.15) is 11.6 Å². The largest absolute Gasteiger partial charge is 0.493 e. The monoisotopic (exact) mass is 272 g/mol. The molecular weight excluding hydrogens is 256 g/mol. The van der Waals surface area contributed by atoms with E-state index in [1.54, 1.807) is 0 Å². The first-order valence-corrected chi connectivity index (χ1v) is 6.45. The molecule has 0 fully saturated rings. The number of para-hydroxylation sites is 1. The maximum Gasteiger partial charge on any atom is 0.338 e. The zero-order valence-electron chi connectivity index (χ0n) is 11.2. The van der Waals surface area contributed by atoms with E-state index in [1.165, 1.54) is 12.4 Å². The summed E-state index contributed by atoms with van der Waals surface area (Å²) in [5, 5.41) is 8.75. The molecule has 20 heavy (non-hydrogen) atoms. The molecule has 1 aromatic heterocycles. The highest BCUT2D eigenvalue weighted by Gasteiger charge is 2.05. The lowest BCUT2D eigenvalue weighted by Crippen LogP contribution is -2.07. The summed E-state index contributed by atoms with van der Waals surface area (Å²) in [5.74, 6) is 0.422. The predicted molar refractivity (Wildman–Crippen MR) is 74.0 cm³/mol. The maximum atomic E-state index is 10.7. The number of hydrogen-bond acceptors (Lipinski definition) is 4. The number of carboxylic acid groups (broad SMARTS) is 1. The van der Waals surface area contributed by atoms with Crippen molar-refractivity contribution >= 4 is 5.97 Å². The first-order chi connectivity index (χ1) is 9.70. The average molecular weight is 272 g/mol. The van der Waals surface area contributed by atoms with Crippen molar-refractivity contribution in [2.45, 2.75) is 19.8 Å². The molecule has 5 nitrogen and oxygen atoms in total. The molecule has 1 aromatic carbocycles. The van der Waals surface area contributed by atoms with E-state index in [0.717, 1.165) is 17.7 Å². The van der Waals surface area contributed by atoms with Gasteiger partial charge < -0.3 is 9.84 Å². The van der Waals surface area contributed by atoms with E-state index in [0.29, 0.717) is 18.9 Å². The third kappa shape index (κ3) is 3.54. The molecule has 0 unspecified atom stereocenters. The molecule has 0 saturated carbocycles. The Morgan fingerprint density at radius 3 is 2.60 bits per heavy atom. The molecule has 0 atom stereocenters. The zero-order chi connectivity index (χ0) is 14.4. The Balaban J connectivity index is 1.91. The summed E-state index contributed by atoms with van der Waals surface area (Å²) in [5.41, 5.74) is 1.25. The standard InChI is InChI=1S/C15H16N2O3/c1-2-11-5-3-4-6-13(11)20-8-7-14-16-9-12(10-17-14)15(18)19/h3-6,9-10H,2,7-8H2,1H3,(H,18,19). The molecule has 2 rings (SSSR count). The Bertz CT molecular complexity index is 582. The molecule has 1 N–H and O–H groups in total. The number of aromatic carboxylic acids is 1. The van der Waals surface area contributed by atoms with Gasteiger partial charge in [0.05, 0.1) is 12.2 Å². The summed E-state index contributed by atoms with van der Waals surface area (Å²) in [6.07, 6.45) is 4.08. The number of rotatable bonds is 6. The average Bonchev–Trinajstić information content (AvgIpc) is 2.48. The molecule has 0 radical (unpaired) electrons. The van der Waals surface area contributed by atoms with Crippen LogP contribution in [0.5, 0.6) is 5.75 Å². The van der Waals surface area contributed by atoms with E-state index in [4.69, 9.17) is 9.84 Å². The first-order valence-electron chi connectivity index (χ1n) is 6.45. The number of benzene rings is 1. The minimum atomic E-state index is -1.02. The molecule has 1 heterocycles. The number of carboxylic acids is 1. The quantitative estimate of drug-likeness (QED) is 0.874.